The summed E-state index contributed by atoms with van der Waals surface area (Å²) >= 11 is 11.9. The van der Waals surface area contributed by atoms with E-state index in [2.05, 4.69) is 10.3 Å². The van der Waals surface area contributed by atoms with E-state index in [1.807, 2.05) is 18.2 Å². The zero-order valence-corrected chi connectivity index (χ0v) is 11.4. The maximum Gasteiger partial charge on any atom is 0.252 e. The Balaban J connectivity index is 2.22. The number of carbonyl (C=O) groups excluding carboxylic acids is 1. The van der Waals surface area contributed by atoms with E-state index >= 15 is 0 Å². The molecule has 0 spiro atoms. The standard InChI is InChI=1S/C13H11Cl2N3O/c14-10-4-2-1-3-8(10)6-17-11-5-12(15)18-7-9(11)13(16)19/h1-5,7H,6H2,(H2,16,19)(H,17,18). The highest BCUT2D eigenvalue weighted by molar-refractivity contribution is 6.31. The maximum absolute atomic E-state index is 11.3. The van der Waals surface area contributed by atoms with E-state index in [1.54, 1.807) is 12.1 Å². The molecule has 3 N–H and O–H groups in total. The predicted molar refractivity (Wildman–Crippen MR) is 76.5 cm³/mol. The fourth-order valence-electron chi connectivity index (χ4n) is 1.60. The molecular weight excluding hydrogens is 285 g/mol. The van der Waals surface area contributed by atoms with Crippen LogP contribution in [0.5, 0.6) is 0 Å². The molecule has 0 aliphatic rings. The summed E-state index contributed by atoms with van der Waals surface area (Å²) in [5, 5.41) is 4.02. The molecule has 0 aliphatic heterocycles. The minimum absolute atomic E-state index is 0.284. The second kappa shape index (κ2) is 5.91. The topological polar surface area (TPSA) is 68.0 Å². The fourth-order valence-corrected chi connectivity index (χ4v) is 1.97. The number of nitrogens with zero attached hydrogens (tertiary/aromatic N) is 1. The van der Waals surface area contributed by atoms with Gasteiger partial charge in [-0.1, -0.05) is 41.4 Å². The van der Waals surface area contributed by atoms with Crippen LogP contribution in [-0.4, -0.2) is 10.9 Å². The first kappa shape index (κ1) is 13.6. The van der Waals surface area contributed by atoms with E-state index in [0.717, 1.165) is 5.56 Å². The minimum atomic E-state index is -0.564. The number of carbonyl (C=O) groups is 1. The van der Waals surface area contributed by atoms with Gasteiger partial charge in [0.1, 0.15) is 5.15 Å². The normalized spacial score (nSPS) is 10.2. The van der Waals surface area contributed by atoms with Crippen LogP contribution in [-0.2, 0) is 6.54 Å². The maximum atomic E-state index is 11.3. The van der Waals surface area contributed by atoms with Crippen molar-refractivity contribution in [2.24, 2.45) is 5.73 Å². The highest BCUT2D eigenvalue weighted by atomic mass is 35.5. The molecule has 2 rings (SSSR count). The van der Waals surface area contributed by atoms with Crippen molar-refractivity contribution >= 4 is 34.8 Å². The highest BCUT2D eigenvalue weighted by Crippen LogP contribution is 2.21. The number of rotatable bonds is 4. The molecule has 0 bridgehead atoms. The molecule has 1 amide bonds. The van der Waals surface area contributed by atoms with Gasteiger partial charge in [0.2, 0.25) is 0 Å². The summed E-state index contributed by atoms with van der Waals surface area (Å²) in [6, 6.07) is 8.98. The SMILES string of the molecule is NC(=O)c1cnc(Cl)cc1NCc1ccccc1Cl. The van der Waals surface area contributed by atoms with Crippen LogP contribution < -0.4 is 11.1 Å². The summed E-state index contributed by atoms with van der Waals surface area (Å²) in [5.41, 5.74) is 7.01. The van der Waals surface area contributed by atoms with Gasteiger partial charge in [-0.05, 0) is 17.7 Å². The van der Waals surface area contributed by atoms with Crippen molar-refractivity contribution in [3.05, 3.63) is 57.8 Å². The molecule has 0 radical (unpaired) electrons. The van der Waals surface area contributed by atoms with Crippen LogP contribution in [0.1, 0.15) is 15.9 Å². The molecule has 0 saturated heterocycles. The first-order valence-electron chi connectivity index (χ1n) is 5.50. The summed E-state index contributed by atoms with van der Waals surface area (Å²) < 4.78 is 0. The van der Waals surface area contributed by atoms with Crippen LogP contribution in [0.3, 0.4) is 0 Å². The average Bonchev–Trinajstić information content (AvgIpc) is 2.37. The summed E-state index contributed by atoms with van der Waals surface area (Å²) in [7, 11) is 0. The van der Waals surface area contributed by atoms with E-state index in [9.17, 15) is 4.79 Å². The lowest BCUT2D eigenvalue weighted by molar-refractivity contribution is 0.100. The third kappa shape index (κ3) is 3.36. The molecule has 98 valence electrons. The van der Waals surface area contributed by atoms with Crippen LogP contribution in [0.15, 0.2) is 36.5 Å². The van der Waals surface area contributed by atoms with Gasteiger partial charge in [-0.2, -0.15) is 0 Å². The van der Waals surface area contributed by atoms with Crippen molar-refractivity contribution in [3.8, 4) is 0 Å². The van der Waals surface area contributed by atoms with Crippen molar-refractivity contribution in [1.82, 2.24) is 4.98 Å². The Morgan fingerprint density at radius 1 is 1.32 bits per heavy atom. The van der Waals surface area contributed by atoms with Gasteiger partial charge < -0.3 is 11.1 Å². The molecule has 19 heavy (non-hydrogen) atoms. The van der Waals surface area contributed by atoms with Crippen molar-refractivity contribution in [2.75, 3.05) is 5.32 Å². The predicted octanol–water partition coefficient (Wildman–Crippen LogP) is 3.10. The summed E-state index contributed by atoms with van der Waals surface area (Å²) in [4.78, 5) is 15.1. The lowest BCUT2D eigenvalue weighted by Crippen LogP contribution is -2.15. The smallest absolute Gasteiger partial charge is 0.252 e. The molecule has 1 aromatic heterocycles. The quantitative estimate of drug-likeness (QED) is 0.852. The third-order valence-electron chi connectivity index (χ3n) is 2.56. The monoisotopic (exact) mass is 295 g/mol. The van der Waals surface area contributed by atoms with Crippen molar-refractivity contribution in [3.63, 3.8) is 0 Å². The molecule has 0 aliphatic carbocycles. The Labute approximate surface area is 120 Å². The van der Waals surface area contributed by atoms with Crippen LogP contribution >= 0.6 is 23.2 Å². The number of hydrogen-bond acceptors (Lipinski definition) is 3. The van der Waals surface area contributed by atoms with E-state index in [1.165, 1.54) is 6.20 Å². The van der Waals surface area contributed by atoms with Gasteiger partial charge in [-0.3, -0.25) is 4.79 Å². The lowest BCUT2D eigenvalue weighted by Gasteiger charge is -2.11. The van der Waals surface area contributed by atoms with E-state index in [-0.39, 0.29) is 10.7 Å². The average molecular weight is 296 g/mol. The van der Waals surface area contributed by atoms with Crippen molar-refractivity contribution < 1.29 is 4.79 Å². The molecule has 0 atom stereocenters. The zero-order valence-electron chi connectivity index (χ0n) is 9.86. The van der Waals surface area contributed by atoms with Crippen LogP contribution in [0.4, 0.5) is 5.69 Å². The Hall–Kier alpha value is -1.78. The second-order valence-electron chi connectivity index (χ2n) is 3.86. The van der Waals surface area contributed by atoms with Gasteiger partial charge in [0, 0.05) is 17.8 Å². The van der Waals surface area contributed by atoms with Gasteiger partial charge in [0.25, 0.3) is 5.91 Å². The number of anilines is 1. The number of primary amides is 1. The molecule has 1 heterocycles. The van der Waals surface area contributed by atoms with Gasteiger partial charge in [0.15, 0.2) is 0 Å². The number of benzene rings is 1. The molecule has 0 saturated carbocycles. The molecule has 0 unspecified atom stereocenters. The first-order valence-corrected chi connectivity index (χ1v) is 6.26. The Bertz CT molecular complexity index is 617. The summed E-state index contributed by atoms with van der Waals surface area (Å²) in [5.74, 6) is -0.564. The summed E-state index contributed by atoms with van der Waals surface area (Å²) in [6.45, 7) is 0.459. The Morgan fingerprint density at radius 2 is 2.05 bits per heavy atom. The molecule has 4 nitrogen and oxygen atoms in total. The molecule has 0 fully saturated rings. The minimum Gasteiger partial charge on any atom is -0.380 e. The summed E-state index contributed by atoms with van der Waals surface area (Å²) in [6.07, 6.45) is 1.35. The number of amides is 1. The van der Waals surface area contributed by atoms with E-state index in [0.29, 0.717) is 17.3 Å². The van der Waals surface area contributed by atoms with Crippen LogP contribution in [0.2, 0.25) is 10.2 Å². The third-order valence-corrected chi connectivity index (χ3v) is 3.14. The number of nitrogens with one attached hydrogen (secondary N) is 1. The van der Waals surface area contributed by atoms with Gasteiger partial charge in [-0.25, -0.2) is 4.98 Å². The number of aromatic nitrogens is 1. The molecule has 6 heteroatoms. The largest absolute Gasteiger partial charge is 0.380 e. The molecule has 1 aromatic carbocycles. The van der Waals surface area contributed by atoms with Gasteiger partial charge in [-0.15, -0.1) is 0 Å². The fraction of sp³-hybridized carbons (Fsp3) is 0.0769. The van der Waals surface area contributed by atoms with Crippen LogP contribution in [0.25, 0.3) is 0 Å². The highest BCUT2D eigenvalue weighted by Gasteiger charge is 2.10. The van der Waals surface area contributed by atoms with Crippen LogP contribution in [0, 0.1) is 0 Å². The number of pyridine rings is 1. The van der Waals surface area contributed by atoms with E-state index < -0.39 is 5.91 Å². The zero-order chi connectivity index (χ0) is 13.8. The number of nitrogens with two attached hydrogens (primary N) is 1. The Morgan fingerprint density at radius 3 is 2.74 bits per heavy atom. The van der Waals surface area contributed by atoms with Crippen molar-refractivity contribution in [2.45, 2.75) is 6.54 Å². The molecule has 2 aromatic rings. The Kier molecular flexibility index (Phi) is 4.24. The van der Waals surface area contributed by atoms with Gasteiger partial charge >= 0.3 is 0 Å². The lowest BCUT2D eigenvalue weighted by atomic mass is 10.2. The number of halogens is 2. The molecular formula is C13H11Cl2N3O. The van der Waals surface area contributed by atoms with E-state index in [4.69, 9.17) is 28.9 Å². The first-order chi connectivity index (χ1) is 9.08. The number of hydrogen-bond donors (Lipinski definition) is 2. The van der Waals surface area contributed by atoms with Gasteiger partial charge in [0.05, 0.1) is 11.3 Å². The van der Waals surface area contributed by atoms with Crippen molar-refractivity contribution in [1.29, 1.82) is 0 Å². The second-order valence-corrected chi connectivity index (χ2v) is 4.66.